The first-order valence-electron chi connectivity index (χ1n) is 9.95. The Morgan fingerprint density at radius 1 is 0.852 bits per heavy atom. The summed E-state index contributed by atoms with van der Waals surface area (Å²) in [5.41, 5.74) is 0. The van der Waals surface area contributed by atoms with E-state index in [4.69, 9.17) is 0 Å². The van der Waals surface area contributed by atoms with Gasteiger partial charge in [0.1, 0.15) is 0 Å². The molecule has 2 heterocycles. The molecule has 0 saturated carbocycles. The lowest BCUT2D eigenvalue weighted by Gasteiger charge is -2.16. The Morgan fingerprint density at radius 3 is 2.04 bits per heavy atom. The molecular formula is C19H32N4O4. The number of rotatable bonds is 12. The van der Waals surface area contributed by atoms with Crippen LogP contribution in [0.5, 0.6) is 0 Å². The van der Waals surface area contributed by atoms with E-state index < -0.39 is 0 Å². The Morgan fingerprint density at radius 2 is 1.44 bits per heavy atom. The lowest BCUT2D eigenvalue weighted by Crippen LogP contribution is -2.40. The van der Waals surface area contributed by atoms with Gasteiger partial charge in [0.05, 0.1) is 12.5 Å². The van der Waals surface area contributed by atoms with Crippen LogP contribution in [0.3, 0.4) is 0 Å². The Kier molecular flexibility index (Phi) is 8.37. The van der Waals surface area contributed by atoms with Crippen molar-refractivity contribution in [3.05, 3.63) is 0 Å². The topological polar surface area (TPSA) is 90.0 Å². The number of amides is 4. The van der Waals surface area contributed by atoms with Gasteiger partial charge in [-0.15, -0.1) is 0 Å². The fraction of sp³-hybridized carbons (Fsp3) is 0.789. The van der Waals surface area contributed by atoms with Gasteiger partial charge in [-0.05, 0) is 46.4 Å². The number of likely N-dealkylation sites (tertiary alicyclic amines) is 2. The highest BCUT2D eigenvalue weighted by Gasteiger charge is 2.37. The average Bonchev–Trinajstić information content (AvgIpc) is 3.07. The highest BCUT2D eigenvalue weighted by Crippen LogP contribution is 2.16. The maximum absolute atomic E-state index is 12.4. The average molecular weight is 380 g/mol. The van der Waals surface area contributed by atoms with Crippen molar-refractivity contribution in [2.45, 2.75) is 57.4 Å². The fourth-order valence-corrected chi connectivity index (χ4v) is 3.51. The van der Waals surface area contributed by atoms with Gasteiger partial charge in [-0.2, -0.15) is 0 Å². The molecule has 1 atom stereocenters. The number of carbonyl (C=O) groups excluding carboxylic acids is 4. The minimum absolute atomic E-state index is 0.0719. The van der Waals surface area contributed by atoms with Gasteiger partial charge in [0, 0.05) is 25.9 Å². The summed E-state index contributed by atoms with van der Waals surface area (Å²) in [6.45, 7) is 2.61. The summed E-state index contributed by atoms with van der Waals surface area (Å²) < 4.78 is 0. The quantitative estimate of drug-likeness (QED) is 0.389. The van der Waals surface area contributed by atoms with E-state index in [2.05, 4.69) is 10.2 Å². The summed E-state index contributed by atoms with van der Waals surface area (Å²) in [6, 6.07) is -0.383. The summed E-state index contributed by atoms with van der Waals surface area (Å²) in [7, 11) is 4.01. The van der Waals surface area contributed by atoms with E-state index >= 15 is 0 Å². The van der Waals surface area contributed by atoms with Crippen LogP contribution >= 0.6 is 0 Å². The van der Waals surface area contributed by atoms with Crippen molar-refractivity contribution in [3.8, 4) is 0 Å². The molecule has 2 aliphatic heterocycles. The van der Waals surface area contributed by atoms with Crippen LogP contribution in [-0.2, 0) is 19.2 Å². The molecule has 0 aromatic rings. The molecule has 2 rings (SSSR count). The minimum Gasteiger partial charge on any atom is -0.309 e. The molecule has 27 heavy (non-hydrogen) atoms. The number of nitrogens with zero attached hydrogens (tertiary/aromatic N) is 3. The molecule has 2 saturated heterocycles. The number of unbranched alkanes of at least 4 members (excludes halogenated alkanes) is 3. The van der Waals surface area contributed by atoms with Gasteiger partial charge in [0.25, 0.3) is 0 Å². The third-order valence-corrected chi connectivity index (χ3v) is 5.09. The first kappa shape index (κ1) is 21.5. The van der Waals surface area contributed by atoms with Crippen LogP contribution in [0.2, 0.25) is 0 Å². The van der Waals surface area contributed by atoms with E-state index in [1.165, 1.54) is 9.80 Å². The third-order valence-electron chi connectivity index (χ3n) is 5.09. The lowest BCUT2D eigenvalue weighted by atomic mass is 10.2. The molecular weight excluding hydrogens is 348 g/mol. The van der Waals surface area contributed by atoms with Crippen molar-refractivity contribution in [2.75, 3.05) is 40.3 Å². The predicted molar refractivity (Wildman–Crippen MR) is 101 cm³/mol. The van der Waals surface area contributed by atoms with Gasteiger partial charge >= 0.3 is 0 Å². The zero-order chi connectivity index (χ0) is 19.8. The van der Waals surface area contributed by atoms with Crippen LogP contribution in [0.15, 0.2) is 0 Å². The SMILES string of the molecule is CN(C)CCCNC1CC(=O)N(CCCCCCN2C(=O)CCC2=O)C1=O. The highest BCUT2D eigenvalue weighted by atomic mass is 16.2. The van der Waals surface area contributed by atoms with Gasteiger partial charge in [0.15, 0.2) is 0 Å². The number of hydrogen-bond donors (Lipinski definition) is 1. The first-order valence-corrected chi connectivity index (χ1v) is 9.95. The maximum Gasteiger partial charge on any atom is 0.246 e. The maximum atomic E-state index is 12.4. The van der Waals surface area contributed by atoms with E-state index in [1.54, 1.807) is 0 Å². The van der Waals surface area contributed by atoms with Crippen LogP contribution in [0.1, 0.15) is 51.4 Å². The Balaban J connectivity index is 1.58. The van der Waals surface area contributed by atoms with Crippen LogP contribution < -0.4 is 5.32 Å². The van der Waals surface area contributed by atoms with Crippen molar-refractivity contribution in [1.82, 2.24) is 20.0 Å². The van der Waals surface area contributed by atoms with E-state index in [1.807, 2.05) is 14.1 Å². The molecule has 0 aromatic carbocycles. The molecule has 1 unspecified atom stereocenters. The number of nitrogens with one attached hydrogen (secondary N) is 1. The second kappa shape index (κ2) is 10.5. The molecule has 2 fully saturated rings. The van der Waals surface area contributed by atoms with E-state index in [-0.39, 0.29) is 36.1 Å². The second-order valence-electron chi connectivity index (χ2n) is 7.60. The highest BCUT2D eigenvalue weighted by molar-refractivity contribution is 6.05. The summed E-state index contributed by atoms with van der Waals surface area (Å²) in [4.78, 5) is 52.3. The van der Waals surface area contributed by atoms with Crippen molar-refractivity contribution in [2.24, 2.45) is 0 Å². The van der Waals surface area contributed by atoms with E-state index in [9.17, 15) is 19.2 Å². The molecule has 0 aliphatic carbocycles. The monoisotopic (exact) mass is 380 g/mol. The van der Waals surface area contributed by atoms with Crippen molar-refractivity contribution < 1.29 is 19.2 Å². The number of hydrogen-bond acceptors (Lipinski definition) is 6. The molecule has 4 amide bonds. The minimum atomic E-state index is -0.383. The molecule has 8 heteroatoms. The van der Waals surface area contributed by atoms with Gasteiger partial charge in [0.2, 0.25) is 23.6 Å². The van der Waals surface area contributed by atoms with Crippen LogP contribution in [0, 0.1) is 0 Å². The smallest absolute Gasteiger partial charge is 0.246 e. The van der Waals surface area contributed by atoms with Crippen molar-refractivity contribution in [1.29, 1.82) is 0 Å². The van der Waals surface area contributed by atoms with Crippen molar-refractivity contribution >= 4 is 23.6 Å². The Hall–Kier alpha value is -1.80. The van der Waals surface area contributed by atoms with Crippen LogP contribution in [0.4, 0.5) is 0 Å². The fourth-order valence-electron chi connectivity index (χ4n) is 3.51. The standard InChI is InChI=1S/C19H32N4O4/c1-21(2)11-7-10-20-15-14-18(26)23(19(15)27)13-6-4-3-5-12-22-16(24)8-9-17(22)25/h15,20H,3-14H2,1-2H3. The van der Waals surface area contributed by atoms with Crippen LogP contribution in [0.25, 0.3) is 0 Å². The molecule has 1 N–H and O–H groups in total. The molecule has 152 valence electrons. The van der Waals surface area contributed by atoms with E-state index in [0.717, 1.165) is 45.2 Å². The second-order valence-corrected chi connectivity index (χ2v) is 7.60. The molecule has 2 aliphatic rings. The lowest BCUT2D eigenvalue weighted by molar-refractivity contribution is -0.140. The largest absolute Gasteiger partial charge is 0.309 e. The van der Waals surface area contributed by atoms with Gasteiger partial charge in [-0.25, -0.2) is 0 Å². The predicted octanol–water partition coefficient (Wildman–Crippen LogP) is 0.365. The molecule has 8 nitrogen and oxygen atoms in total. The zero-order valence-corrected chi connectivity index (χ0v) is 16.5. The molecule has 0 bridgehead atoms. The first-order chi connectivity index (χ1) is 12.9. The summed E-state index contributed by atoms with van der Waals surface area (Å²) in [5.74, 6) is -0.355. The molecule has 0 radical (unpaired) electrons. The molecule has 0 spiro atoms. The Labute approximate surface area is 161 Å². The number of imide groups is 2. The Bertz CT molecular complexity index is 548. The van der Waals surface area contributed by atoms with Gasteiger partial charge in [-0.1, -0.05) is 12.8 Å². The third kappa shape index (κ3) is 6.39. The van der Waals surface area contributed by atoms with Crippen LogP contribution in [-0.4, -0.2) is 84.6 Å². The zero-order valence-electron chi connectivity index (χ0n) is 16.5. The summed E-state index contributed by atoms with van der Waals surface area (Å²) in [5, 5.41) is 3.19. The normalized spacial score (nSPS) is 20.6. The van der Waals surface area contributed by atoms with Gasteiger partial charge in [-0.3, -0.25) is 29.0 Å². The van der Waals surface area contributed by atoms with E-state index in [0.29, 0.717) is 25.9 Å². The summed E-state index contributed by atoms with van der Waals surface area (Å²) in [6.07, 6.45) is 5.13. The van der Waals surface area contributed by atoms with Gasteiger partial charge < -0.3 is 10.2 Å². The van der Waals surface area contributed by atoms with Crippen molar-refractivity contribution in [3.63, 3.8) is 0 Å². The molecule has 0 aromatic heterocycles. The number of carbonyl (C=O) groups is 4. The summed E-state index contributed by atoms with van der Waals surface area (Å²) >= 11 is 0.